The number of rotatable bonds is 4. The molecular weight excluding hydrogens is 331 g/mol. The van der Waals surface area contributed by atoms with Crippen molar-refractivity contribution >= 4 is 13.7 Å². The van der Waals surface area contributed by atoms with Gasteiger partial charge >= 0.3 is 59.1 Å². The number of hydrogen-bond donors (Lipinski definition) is 4. The van der Waals surface area contributed by atoms with E-state index in [1.54, 1.807) is 0 Å². The number of phosphoric ester groups is 1. The zero-order valence-corrected chi connectivity index (χ0v) is 16.7. The first kappa shape index (κ1) is 24.7. The Morgan fingerprint density at radius 1 is 1.29 bits per heavy atom. The van der Waals surface area contributed by atoms with Gasteiger partial charge in [-0.1, -0.05) is 0 Å². The Labute approximate surface area is 165 Å². The fraction of sp³-hybridized carbons (Fsp3) is 0.875. The monoisotopic (exact) mass is 345 g/mol. The molecule has 1 amide bonds. The van der Waals surface area contributed by atoms with Gasteiger partial charge in [0.2, 0.25) is 5.91 Å². The maximum atomic E-state index is 10.8. The second kappa shape index (κ2) is 10.3. The van der Waals surface area contributed by atoms with Crippen LogP contribution in [0.3, 0.4) is 0 Å². The third kappa shape index (κ3) is 8.18. The fourth-order valence-corrected chi connectivity index (χ4v) is 1.97. The van der Waals surface area contributed by atoms with Gasteiger partial charge in [-0.15, -0.1) is 0 Å². The summed E-state index contributed by atoms with van der Waals surface area (Å²) in [6.45, 7) is 0.276. The molecule has 10 nitrogen and oxygen atoms in total. The first-order valence-corrected chi connectivity index (χ1v) is 6.71. The zero-order chi connectivity index (χ0) is 14.8. The van der Waals surface area contributed by atoms with E-state index in [4.69, 9.17) is 4.74 Å². The topological polar surface area (TPSA) is 171 Å². The molecule has 21 heavy (non-hydrogen) atoms. The van der Waals surface area contributed by atoms with Crippen LogP contribution in [-0.2, 0) is 18.6 Å². The van der Waals surface area contributed by atoms with Crippen molar-refractivity contribution in [1.29, 1.82) is 0 Å². The van der Waals surface area contributed by atoms with E-state index in [1.807, 2.05) is 0 Å². The minimum atomic E-state index is -5.26. The minimum Gasteiger partial charge on any atom is -0.790 e. The molecule has 0 aromatic carbocycles. The van der Waals surface area contributed by atoms with Crippen molar-refractivity contribution in [2.24, 2.45) is 0 Å². The van der Waals surface area contributed by atoms with Gasteiger partial charge in [-0.3, -0.25) is 4.79 Å². The molecule has 1 unspecified atom stereocenters. The normalized spacial score (nSPS) is 32.6. The Morgan fingerprint density at radius 2 is 1.81 bits per heavy atom. The van der Waals surface area contributed by atoms with E-state index in [1.165, 1.54) is 0 Å². The molecular formula is C8H14NNa2O9P. The van der Waals surface area contributed by atoms with Crippen LogP contribution in [0, 0.1) is 0 Å². The number of nitrogens with one attached hydrogen (secondary N) is 1. The molecule has 0 aromatic rings. The van der Waals surface area contributed by atoms with Crippen LogP contribution in [-0.4, -0.2) is 58.5 Å². The summed E-state index contributed by atoms with van der Waals surface area (Å²) in [7, 11) is -5.26. The summed E-state index contributed by atoms with van der Waals surface area (Å²) in [4.78, 5) is 31.4. The third-order valence-corrected chi connectivity index (χ3v) is 2.95. The maximum absolute atomic E-state index is 10.8. The van der Waals surface area contributed by atoms with Crippen molar-refractivity contribution in [3.8, 4) is 0 Å². The van der Waals surface area contributed by atoms with E-state index >= 15 is 0 Å². The molecule has 1 saturated heterocycles. The van der Waals surface area contributed by atoms with Crippen molar-refractivity contribution < 1.29 is 103 Å². The van der Waals surface area contributed by atoms with Crippen LogP contribution in [0.15, 0.2) is 0 Å². The molecule has 0 radical (unpaired) electrons. The van der Waals surface area contributed by atoms with Crippen molar-refractivity contribution in [3.63, 3.8) is 0 Å². The van der Waals surface area contributed by atoms with Gasteiger partial charge in [0.25, 0.3) is 0 Å². The van der Waals surface area contributed by atoms with E-state index in [-0.39, 0.29) is 59.1 Å². The molecule has 1 aliphatic heterocycles. The molecule has 1 fully saturated rings. The third-order valence-electron chi connectivity index (χ3n) is 2.49. The van der Waals surface area contributed by atoms with Gasteiger partial charge in [0.15, 0.2) is 6.29 Å². The number of phosphoric acid groups is 1. The number of hydrogen-bond acceptors (Lipinski definition) is 9. The standard InChI is InChI=1S/C8H16NO9P.2Na/c1-3(10)9-5-7(12)6(11)4(18-8(5)13)2-17-19(14,15)16;;/h4-8,11-13H,2H2,1H3,(H,9,10)(H2,14,15,16);;/q;2*+1/p-2/t4-,5+,6-,7-,8?;;/m1../s1. The number of amides is 1. The summed E-state index contributed by atoms with van der Waals surface area (Å²) in [6.07, 6.45) is -6.37. The molecule has 13 heteroatoms. The summed E-state index contributed by atoms with van der Waals surface area (Å²) in [5.74, 6) is -0.572. The van der Waals surface area contributed by atoms with Crippen LogP contribution in [0.1, 0.15) is 6.92 Å². The van der Waals surface area contributed by atoms with Crippen LogP contribution in [0.25, 0.3) is 0 Å². The predicted octanol–water partition coefficient (Wildman–Crippen LogP) is -10.2. The smallest absolute Gasteiger partial charge is 0.790 e. The van der Waals surface area contributed by atoms with Crippen LogP contribution < -0.4 is 74.2 Å². The average molecular weight is 345 g/mol. The molecule has 1 heterocycles. The number of carbonyl (C=O) groups excluding carboxylic acids is 1. The van der Waals surface area contributed by atoms with Crippen LogP contribution in [0.4, 0.5) is 0 Å². The van der Waals surface area contributed by atoms with E-state index in [9.17, 15) is 34.5 Å². The van der Waals surface area contributed by atoms with Gasteiger partial charge in [0.05, 0.1) is 14.4 Å². The van der Waals surface area contributed by atoms with Crippen LogP contribution >= 0.6 is 7.82 Å². The molecule has 1 rings (SSSR count). The van der Waals surface area contributed by atoms with E-state index in [0.717, 1.165) is 6.92 Å². The van der Waals surface area contributed by atoms with Gasteiger partial charge in [-0.25, -0.2) is 0 Å². The molecule has 1 aliphatic rings. The van der Waals surface area contributed by atoms with Crippen molar-refractivity contribution in [2.75, 3.05) is 6.61 Å². The van der Waals surface area contributed by atoms with Crippen molar-refractivity contribution in [2.45, 2.75) is 37.6 Å². The minimum absolute atomic E-state index is 0. The Balaban J connectivity index is 0. The number of aliphatic hydroxyl groups excluding tert-OH is 3. The van der Waals surface area contributed by atoms with E-state index in [0.29, 0.717) is 0 Å². The largest absolute Gasteiger partial charge is 1.00 e. The molecule has 0 aliphatic carbocycles. The summed E-state index contributed by atoms with van der Waals surface area (Å²) in [6, 6.07) is -1.28. The van der Waals surface area contributed by atoms with E-state index < -0.39 is 51.0 Å². The fourth-order valence-electron chi connectivity index (χ4n) is 1.64. The molecule has 4 N–H and O–H groups in total. The summed E-state index contributed by atoms with van der Waals surface area (Å²) >= 11 is 0. The molecule has 0 saturated carbocycles. The second-order valence-electron chi connectivity index (χ2n) is 4.02. The first-order chi connectivity index (χ1) is 8.61. The predicted molar refractivity (Wildman–Crippen MR) is 54.1 cm³/mol. The Hall–Kier alpha value is 1.42. The van der Waals surface area contributed by atoms with Crippen molar-refractivity contribution in [3.05, 3.63) is 0 Å². The van der Waals surface area contributed by atoms with Gasteiger partial charge < -0.3 is 44.2 Å². The van der Waals surface area contributed by atoms with Crippen molar-refractivity contribution in [1.82, 2.24) is 5.32 Å². The summed E-state index contributed by atoms with van der Waals surface area (Å²) in [5.41, 5.74) is 0. The molecule has 0 aromatic heterocycles. The van der Waals surface area contributed by atoms with Gasteiger partial charge in [0, 0.05) is 6.92 Å². The average Bonchev–Trinajstić information content (AvgIpc) is 2.26. The van der Waals surface area contributed by atoms with Gasteiger partial charge in [0.1, 0.15) is 24.4 Å². The number of ether oxygens (including phenoxy) is 1. The van der Waals surface area contributed by atoms with Gasteiger partial charge in [-0.05, 0) is 0 Å². The zero-order valence-electron chi connectivity index (χ0n) is 11.8. The summed E-state index contributed by atoms with van der Waals surface area (Å²) < 4.78 is 19.0. The first-order valence-electron chi connectivity index (χ1n) is 5.25. The van der Waals surface area contributed by atoms with Crippen LogP contribution in [0.5, 0.6) is 0 Å². The SMILES string of the molecule is CC(=O)N[C@@H]1C(O)O[C@H](COP(=O)([O-])[O-])[C@@H](O)[C@@H]1O.[Na+].[Na+]. The van der Waals surface area contributed by atoms with E-state index in [2.05, 4.69) is 9.84 Å². The van der Waals surface area contributed by atoms with Gasteiger partial charge in [-0.2, -0.15) is 0 Å². The number of carbonyl (C=O) groups is 1. The molecule has 0 bridgehead atoms. The molecule has 5 atom stereocenters. The Kier molecular flexibility index (Phi) is 12.1. The Morgan fingerprint density at radius 3 is 2.24 bits per heavy atom. The second-order valence-corrected chi connectivity index (χ2v) is 5.17. The quantitative estimate of drug-likeness (QED) is 0.285. The molecule has 112 valence electrons. The molecule has 0 spiro atoms. The maximum Gasteiger partial charge on any atom is 1.00 e. The van der Waals surface area contributed by atoms with Crippen LogP contribution in [0.2, 0.25) is 0 Å². The summed E-state index contributed by atoms with van der Waals surface area (Å²) in [5, 5.41) is 31.0. The Bertz CT molecular complexity index is 381. The number of aliphatic hydroxyl groups is 3.